The van der Waals surface area contributed by atoms with Crippen molar-refractivity contribution < 1.29 is 77.2 Å². The highest BCUT2D eigenvalue weighted by Gasteiger charge is 2.35. The van der Waals surface area contributed by atoms with Crippen LogP contribution >= 0.6 is 0 Å². The number of nitrogens with one attached hydrogen (secondary N) is 1. The number of cyclic esters (lactones) is 1. The highest BCUT2D eigenvalue weighted by atomic mass is 16.6. The number of allylic oxidation sites excluding steroid dienone is 6. The van der Waals surface area contributed by atoms with Crippen LogP contribution < -0.4 is 5.32 Å². The van der Waals surface area contributed by atoms with E-state index in [-0.39, 0.29) is 92.4 Å². The van der Waals surface area contributed by atoms with Gasteiger partial charge in [0.15, 0.2) is 0 Å². The second-order valence-electron chi connectivity index (χ2n) is 20.7. The highest BCUT2D eigenvalue weighted by molar-refractivity contribution is 5.87. The minimum absolute atomic E-state index is 0.00125. The number of carbonyl (C=O) groups is 5. The minimum atomic E-state index is -0.933. The first-order chi connectivity index (χ1) is 35.8. The lowest BCUT2D eigenvalue weighted by Crippen LogP contribution is -2.36. The van der Waals surface area contributed by atoms with Crippen LogP contribution in [0.3, 0.4) is 0 Å². The molecule has 0 aromatic carbocycles. The number of fused-ring (bicyclic) bond motifs is 4. The molecule has 1 saturated heterocycles. The molecule has 75 heavy (non-hydrogen) atoms. The number of carbonyl (C=O) groups excluding carboxylic acids is 5. The molecular formula is C58H89NO16. The van der Waals surface area contributed by atoms with E-state index in [9.17, 15) is 39.3 Å². The van der Waals surface area contributed by atoms with Crippen LogP contribution in [-0.2, 0) is 61.9 Å². The van der Waals surface area contributed by atoms with Gasteiger partial charge in [0.25, 0.3) is 0 Å². The van der Waals surface area contributed by atoms with Gasteiger partial charge in [-0.1, -0.05) is 80.0 Å². The lowest BCUT2D eigenvalue weighted by atomic mass is 9.81. The molecule has 3 heterocycles. The van der Waals surface area contributed by atoms with E-state index in [0.717, 1.165) is 11.1 Å². The molecule has 17 nitrogen and oxygen atoms in total. The maximum absolute atomic E-state index is 13.2. The fraction of sp³-hybridized carbons (Fsp3) is 0.672. The van der Waals surface area contributed by atoms with Crippen molar-refractivity contribution in [2.75, 3.05) is 42.2 Å². The van der Waals surface area contributed by atoms with E-state index in [1.54, 1.807) is 44.6 Å². The lowest BCUT2D eigenvalue weighted by Gasteiger charge is -2.34. The van der Waals surface area contributed by atoms with Crippen LogP contribution in [-0.4, -0.2) is 142 Å². The van der Waals surface area contributed by atoms with E-state index in [1.165, 1.54) is 33.6 Å². The van der Waals surface area contributed by atoms with Gasteiger partial charge in [0.1, 0.15) is 18.3 Å². The van der Waals surface area contributed by atoms with Crippen LogP contribution in [0, 0.1) is 29.6 Å². The summed E-state index contributed by atoms with van der Waals surface area (Å²) < 4.78 is 44.9. The smallest absolute Gasteiger partial charge is 0.331 e. The third-order valence-electron chi connectivity index (χ3n) is 14.5. The van der Waals surface area contributed by atoms with Crippen LogP contribution in [0.2, 0.25) is 0 Å². The van der Waals surface area contributed by atoms with E-state index < -0.39 is 60.6 Å². The van der Waals surface area contributed by atoms with E-state index >= 15 is 0 Å². The topological polar surface area (TPSA) is 232 Å². The van der Waals surface area contributed by atoms with Gasteiger partial charge in [0, 0.05) is 97.5 Å². The number of methoxy groups -OCH3 is 5. The Bertz CT molecular complexity index is 2010. The Kier molecular flexibility index (Phi) is 30.0. The van der Waals surface area contributed by atoms with E-state index in [0.29, 0.717) is 63.4 Å². The van der Waals surface area contributed by atoms with Gasteiger partial charge in [0.05, 0.1) is 56.8 Å². The number of amides is 1. The lowest BCUT2D eigenvalue weighted by molar-refractivity contribution is -0.158. The zero-order chi connectivity index (χ0) is 55.5. The first-order valence-electron chi connectivity index (χ1n) is 26.5. The quantitative estimate of drug-likeness (QED) is 0.110. The molecule has 17 heteroatoms. The molecule has 0 aliphatic carbocycles. The predicted octanol–water partition coefficient (Wildman–Crippen LogP) is 7.43. The molecule has 1 amide bonds. The maximum atomic E-state index is 13.2. The monoisotopic (exact) mass is 1060 g/mol. The standard InChI is InChI=1S/C58H89NO16/c1-37-16-14-20-47(69-7)35-58(67)74-49(36-68-6)25-38(2)26-53-40(4)44(32-57(66)75-53)18-15-19-45(60)33-50(62)41(5)51(70-8)22-21-39(3)52(71-9)34-48-28-43(31-56(65)73-48)29-54(63)59-23-13-11-12-17-42(27-46(61)24-37)30-55(64)72-10/h11-16,19-20,23,26,31,39-42,44-53,60-62H,17-18,21-22,24-25,27-30,32-36H2,1-10H3,(H,59,63)/b12-11+,19-15+,20-14+,23-13-,37-16-,38-26-. The van der Waals surface area contributed by atoms with Crippen LogP contribution in [0.4, 0.5) is 0 Å². The summed E-state index contributed by atoms with van der Waals surface area (Å²) in [4.78, 5) is 63.9. The van der Waals surface area contributed by atoms with Crippen LogP contribution in [0.5, 0.6) is 0 Å². The van der Waals surface area contributed by atoms with Crippen molar-refractivity contribution in [3.63, 3.8) is 0 Å². The highest BCUT2D eigenvalue weighted by Crippen LogP contribution is 2.33. The van der Waals surface area contributed by atoms with Crippen molar-refractivity contribution >= 4 is 29.8 Å². The van der Waals surface area contributed by atoms with Crippen molar-refractivity contribution in [1.29, 1.82) is 0 Å². The summed E-state index contributed by atoms with van der Waals surface area (Å²) in [5.74, 6) is -2.66. The Labute approximate surface area is 445 Å². The molecule has 14 atom stereocenters. The Morgan fingerprint density at radius 1 is 0.733 bits per heavy atom. The molecule has 0 saturated carbocycles. The molecule has 0 aromatic heterocycles. The molecule has 4 N–H and O–H groups in total. The van der Waals surface area contributed by atoms with Gasteiger partial charge >= 0.3 is 23.9 Å². The zero-order valence-corrected chi connectivity index (χ0v) is 46.2. The normalized spacial score (nSPS) is 35.9. The molecule has 3 rings (SSSR count). The number of esters is 4. The fourth-order valence-electron chi connectivity index (χ4n) is 9.99. The molecule has 1 fully saturated rings. The molecule has 14 unspecified atom stereocenters. The van der Waals surface area contributed by atoms with Gasteiger partial charge < -0.3 is 58.5 Å². The average molecular weight is 1060 g/mol. The van der Waals surface area contributed by atoms with Crippen molar-refractivity contribution in [2.45, 2.75) is 179 Å². The van der Waals surface area contributed by atoms with Gasteiger partial charge in [-0.05, 0) is 82.3 Å². The minimum Gasteiger partial charge on any atom is -0.469 e. The Hall–Kier alpha value is -4.75. The van der Waals surface area contributed by atoms with Gasteiger partial charge in [-0.2, -0.15) is 0 Å². The first kappa shape index (κ1) is 64.5. The van der Waals surface area contributed by atoms with Gasteiger partial charge in [-0.3, -0.25) is 19.2 Å². The fourth-order valence-corrected chi connectivity index (χ4v) is 9.99. The SMILES string of the molecule is COCC1C/C(C)=C\C2OC(=O)CC(C/C=C/C(O)CC(O)C(C)C(OC)CCC(C)C(OC)CC3CC(=CC(=O)O3)CC(=O)N/C=C\C=C\CC(CC(=O)OC)CC(O)C/C(C)=C\C=C\C(OC)CC(=O)O1)C2C. The number of aliphatic hydroxyl groups excluding tert-OH is 3. The summed E-state index contributed by atoms with van der Waals surface area (Å²) in [5, 5.41) is 36.0. The van der Waals surface area contributed by atoms with Crippen molar-refractivity contribution in [1.82, 2.24) is 5.32 Å². The molecule has 0 radical (unpaired) electrons. The summed E-state index contributed by atoms with van der Waals surface area (Å²) in [6, 6.07) is 0. The summed E-state index contributed by atoms with van der Waals surface area (Å²) >= 11 is 0. The van der Waals surface area contributed by atoms with E-state index in [4.69, 9.17) is 37.9 Å². The van der Waals surface area contributed by atoms with Crippen molar-refractivity contribution in [2.24, 2.45) is 29.6 Å². The predicted molar refractivity (Wildman–Crippen MR) is 283 cm³/mol. The summed E-state index contributed by atoms with van der Waals surface area (Å²) in [6.45, 7) is 9.89. The number of aliphatic hydroxyl groups is 3. The summed E-state index contributed by atoms with van der Waals surface area (Å²) in [7, 11) is 7.56. The van der Waals surface area contributed by atoms with Crippen LogP contribution in [0.15, 0.2) is 83.7 Å². The van der Waals surface area contributed by atoms with Crippen LogP contribution in [0.1, 0.15) is 125 Å². The third kappa shape index (κ3) is 24.9. The second-order valence-corrected chi connectivity index (χ2v) is 20.7. The first-order valence-corrected chi connectivity index (χ1v) is 26.5. The molecule has 0 spiro atoms. The summed E-state index contributed by atoms with van der Waals surface area (Å²) in [6.07, 6.45) is 17.9. The largest absolute Gasteiger partial charge is 0.469 e. The summed E-state index contributed by atoms with van der Waals surface area (Å²) in [5.41, 5.74) is 2.36. The zero-order valence-electron chi connectivity index (χ0n) is 46.2. The van der Waals surface area contributed by atoms with E-state index in [1.807, 2.05) is 52.0 Å². The van der Waals surface area contributed by atoms with Crippen LogP contribution in [0.25, 0.3) is 0 Å². The van der Waals surface area contributed by atoms with Crippen molar-refractivity contribution in [3.05, 3.63) is 83.7 Å². The maximum Gasteiger partial charge on any atom is 0.331 e. The number of rotatable bonds is 7. The third-order valence-corrected chi connectivity index (χ3v) is 14.5. The molecule has 0 aromatic rings. The molecule has 422 valence electrons. The molecular weight excluding hydrogens is 967 g/mol. The van der Waals surface area contributed by atoms with Crippen molar-refractivity contribution in [3.8, 4) is 0 Å². The Morgan fingerprint density at radius 2 is 1.47 bits per heavy atom. The number of ether oxygens (including phenoxy) is 8. The Morgan fingerprint density at radius 3 is 2.16 bits per heavy atom. The second kappa shape index (κ2) is 34.8. The molecule has 4 bridgehead atoms. The molecule has 3 aliphatic rings. The number of hydrogen-bond donors (Lipinski definition) is 4. The average Bonchev–Trinajstić information content (AvgIpc) is 3.34. The van der Waals surface area contributed by atoms with Gasteiger partial charge in [-0.25, -0.2) is 4.79 Å². The van der Waals surface area contributed by atoms with E-state index in [2.05, 4.69) is 12.2 Å². The van der Waals surface area contributed by atoms with Gasteiger partial charge in [-0.15, -0.1) is 0 Å². The molecule has 3 aliphatic heterocycles. The Balaban J connectivity index is 1.81. The number of hydrogen-bond acceptors (Lipinski definition) is 16. The van der Waals surface area contributed by atoms with Gasteiger partial charge in [0.2, 0.25) is 5.91 Å².